The number of anilines is 1. The number of aromatic hydroxyl groups is 1. The Kier molecular flexibility index (Phi) is 3.00. The molecular weight excluding hydrogens is 274 g/mol. The van der Waals surface area contributed by atoms with Gasteiger partial charge in [0.25, 0.3) is 0 Å². The molecule has 3 atom stereocenters. The minimum absolute atomic E-state index is 0.137. The first kappa shape index (κ1) is 13.1. The third kappa shape index (κ3) is 2.01. The third-order valence-electron chi connectivity index (χ3n) is 4.69. The van der Waals surface area contributed by atoms with Crippen molar-refractivity contribution in [2.75, 3.05) is 5.32 Å². The van der Waals surface area contributed by atoms with E-state index in [9.17, 15) is 9.90 Å². The molecule has 3 heteroatoms. The molecule has 2 aliphatic rings. The molecule has 0 bridgehead atoms. The monoisotopic (exact) mass is 291 g/mol. The van der Waals surface area contributed by atoms with Gasteiger partial charge in [-0.15, -0.1) is 0 Å². The van der Waals surface area contributed by atoms with Crippen LogP contribution in [0.2, 0.25) is 0 Å². The molecule has 2 aromatic carbocycles. The highest BCUT2D eigenvalue weighted by molar-refractivity contribution is 6.02. The van der Waals surface area contributed by atoms with Crippen molar-refractivity contribution in [3.63, 3.8) is 0 Å². The summed E-state index contributed by atoms with van der Waals surface area (Å²) in [4.78, 5) is 12.9. The molecule has 0 fully saturated rings. The zero-order valence-corrected chi connectivity index (χ0v) is 12.1. The average Bonchev–Trinajstić information content (AvgIpc) is 3.04. The predicted octanol–water partition coefficient (Wildman–Crippen LogP) is 3.73. The number of hydrogen-bond acceptors (Lipinski definition) is 3. The van der Waals surface area contributed by atoms with E-state index in [-0.39, 0.29) is 29.4 Å². The first-order valence-electron chi connectivity index (χ1n) is 7.59. The van der Waals surface area contributed by atoms with E-state index in [0.717, 1.165) is 23.2 Å². The summed E-state index contributed by atoms with van der Waals surface area (Å²) in [5.41, 5.74) is 2.77. The van der Waals surface area contributed by atoms with Crippen molar-refractivity contribution in [1.29, 1.82) is 0 Å². The lowest BCUT2D eigenvalue weighted by molar-refractivity contribution is 0.0938. The first-order chi connectivity index (χ1) is 10.7. The fourth-order valence-corrected chi connectivity index (χ4v) is 3.62. The summed E-state index contributed by atoms with van der Waals surface area (Å²) in [5, 5.41) is 13.1. The van der Waals surface area contributed by atoms with Crippen molar-refractivity contribution < 1.29 is 9.90 Å². The van der Waals surface area contributed by atoms with Gasteiger partial charge in [0.05, 0.1) is 6.04 Å². The molecule has 3 nitrogen and oxygen atoms in total. The van der Waals surface area contributed by atoms with Crippen molar-refractivity contribution in [2.45, 2.75) is 18.4 Å². The highest BCUT2D eigenvalue weighted by atomic mass is 16.3. The average molecular weight is 291 g/mol. The van der Waals surface area contributed by atoms with E-state index in [4.69, 9.17) is 0 Å². The Balaban J connectivity index is 1.74. The van der Waals surface area contributed by atoms with Crippen LogP contribution in [0, 0.1) is 5.92 Å². The zero-order valence-electron chi connectivity index (χ0n) is 12.1. The van der Waals surface area contributed by atoms with Crippen LogP contribution in [0.3, 0.4) is 0 Å². The Morgan fingerprint density at radius 3 is 2.77 bits per heavy atom. The van der Waals surface area contributed by atoms with Crippen molar-refractivity contribution >= 4 is 11.5 Å². The number of phenols is 1. The molecule has 1 heterocycles. The second kappa shape index (κ2) is 5.02. The Morgan fingerprint density at radius 1 is 1.14 bits per heavy atom. The van der Waals surface area contributed by atoms with E-state index in [1.54, 1.807) is 12.1 Å². The van der Waals surface area contributed by atoms with Crippen LogP contribution >= 0.6 is 0 Å². The van der Waals surface area contributed by atoms with Gasteiger partial charge in [0.2, 0.25) is 0 Å². The van der Waals surface area contributed by atoms with Crippen molar-refractivity contribution in [1.82, 2.24) is 0 Å². The van der Waals surface area contributed by atoms with E-state index < -0.39 is 0 Å². The Labute approximate surface area is 129 Å². The van der Waals surface area contributed by atoms with Gasteiger partial charge in [-0.2, -0.15) is 0 Å². The van der Waals surface area contributed by atoms with Gasteiger partial charge in [0.15, 0.2) is 5.78 Å². The summed E-state index contributed by atoms with van der Waals surface area (Å²) < 4.78 is 0. The van der Waals surface area contributed by atoms with Gasteiger partial charge >= 0.3 is 0 Å². The van der Waals surface area contributed by atoms with Crippen LogP contribution in [0.1, 0.15) is 28.3 Å². The largest absolute Gasteiger partial charge is 0.508 e. The van der Waals surface area contributed by atoms with Crippen LogP contribution in [0.15, 0.2) is 60.7 Å². The van der Waals surface area contributed by atoms with Crippen LogP contribution in [-0.4, -0.2) is 16.9 Å². The van der Waals surface area contributed by atoms with Gasteiger partial charge < -0.3 is 10.4 Å². The van der Waals surface area contributed by atoms with Gasteiger partial charge in [-0.05, 0) is 30.2 Å². The molecule has 2 N–H and O–H groups in total. The minimum atomic E-state index is -0.223. The van der Waals surface area contributed by atoms with Gasteiger partial charge in [-0.3, -0.25) is 4.79 Å². The number of allylic oxidation sites excluding steroid dienone is 2. The number of phenolic OH excluding ortho intramolecular Hbond substituents is 1. The molecule has 3 unspecified atom stereocenters. The fourth-order valence-electron chi connectivity index (χ4n) is 3.62. The third-order valence-corrected chi connectivity index (χ3v) is 4.69. The maximum absolute atomic E-state index is 12.9. The van der Waals surface area contributed by atoms with E-state index in [1.165, 1.54) is 0 Å². The Hall–Kier alpha value is -2.55. The molecule has 2 aromatic rings. The number of rotatable bonds is 2. The molecule has 0 saturated carbocycles. The van der Waals surface area contributed by atoms with E-state index in [1.807, 2.05) is 36.4 Å². The van der Waals surface area contributed by atoms with Crippen LogP contribution in [0.4, 0.5) is 5.69 Å². The SMILES string of the molecule is O=C(c1ccccc1)C1Nc2ccc(O)cc2C2C=CCC12. The van der Waals surface area contributed by atoms with Crippen LogP contribution in [0.25, 0.3) is 0 Å². The molecule has 22 heavy (non-hydrogen) atoms. The van der Waals surface area contributed by atoms with Crippen LogP contribution in [-0.2, 0) is 0 Å². The molecule has 0 aromatic heterocycles. The van der Waals surface area contributed by atoms with E-state index >= 15 is 0 Å². The normalized spacial score (nSPS) is 25.2. The smallest absolute Gasteiger partial charge is 0.185 e. The van der Waals surface area contributed by atoms with E-state index in [2.05, 4.69) is 17.5 Å². The standard InChI is InChI=1S/C19H17NO2/c21-13-9-10-17-16(11-13)14-7-4-8-15(14)18(20-17)19(22)12-5-2-1-3-6-12/h1-7,9-11,14-15,18,20-21H,8H2. The maximum atomic E-state index is 12.9. The highest BCUT2D eigenvalue weighted by Gasteiger charge is 2.40. The summed E-state index contributed by atoms with van der Waals surface area (Å²) in [6.45, 7) is 0. The molecular formula is C19H17NO2. The number of Topliss-reactive ketones (excluding diaryl/α,β-unsaturated/α-hetero) is 1. The molecule has 110 valence electrons. The lowest BCUT2D eigenvalue weighted by Gasteiger charge is -2.36. The first-order valence-corrected chi connectivity index (χ1v) is 7.59. The number of carbonyl (C=O) groups excluding carboxylic acids is 1. The van der Waals surface area contributed by atoms with Gasteiger partial charge in [0, 0.05) is 23.1 Å². The molecule has 0 radical (unpaired) electrons. The number of hydrogen-bond donors (Lipinski definition) is 2. The number of ketones is 1. The summed E-state index contributed by atoms with van der Waals surface area (Å²) in [6.07, 6.45) is 5.19. The highest BCUT2D eigenvalue weighted by Crippen LogP contribution is 2.46. The fraction of sp³-hybridized carbons (Fsp3) is 0.211. The summed E-state index contributed by atoms with van der Waals surface area (Å²) >= 11 is 0. The zero-order chi connectivity index (χ0) is 15.1. The lowest BCUT2D eigenvalue weighted by Crippen LogP contribution is -2.42. The van der Waals surface area contributed by atoms with Gasteiger partial charge in [-0.1, -0.05) is 42.5 Å². The maximum Gasteiger partial charge on any atom is 0.185 e. The number of nitrogens with one attached hydrogen (secondary N) is 1. The molecule has 0 spiro atoms. The molecule has 4 rings (SSSR count). The summed E-state index contributed by atoms with van der Waals surface area (Å²) in [7, 11) is 0. The van der Waals surface area contributed by atoms with E-state index in [0.29, 0.717) is 0 Å². The molecule has 1 aliphatic carbocycles. The van der Waals surface area contributed by atoms with Crippen LogP contribution < -0.4 is 5.32 Å². The number of carbonyl (C=O) groups is 1. The summed E-state index contributed by atoms with van der Waals surface area (Å²) in [5.74, 6) is 0.813. The Bertz CT molecular complexity index is 751. The van der Waals surface area contributed by atoms with Crippen molar-refractivity contribution in [2.24, 2.45) is 5.92 Å². The van der Waals surface area contributed by atoms with Crippen molar-refractivity contribution in [3.05, 3.63) is 71.8 Å². The molecule has 0 amide bonds. The quantitative estimate of drug-likeness (QED) is 0.503. The Morgan fingerprint density at radius 2 is 1.95 bits per heavy atom. The second-order valence-electron chi connectivity index (χ2n) is 5.98. The predicted molar refractivity (Wildman–Crippen MR) is 86.3 cm³/mol. The number of benzene rings is 2. The van der Waals surface area contributed by atoms with Crippen molar-refractivity contribution in [3.8, 4) is 5.75 Å². The topological polar surface area (TPSA) is 49.3 Å². The lowest BCUT2D eigenvalue weighted by atomic mass is 9.77. The van der Waals surface area contributed by atoms with Crippen LogP contribution in [0.5, 0.6) is 5.75 Å². The number of fused-ring (bicyclic) bond motifs is 3. The molecule has 1 aliphatic heterocycles. The molecule has 0 saturated heterocycles. The minimum Gasteiger partial charge on any atom is -0.508 e. The second-order valence-corrected chi connectivity index (χ2v) is 5.98. The summed E-state index contributed by atoms with van der Waals surface area (Å²) in [6, 6.07) is 14.6. The van der Waals surface area contributed by atoms with Gasteiger partial charge in [-0.25, -0.2) is 0 Å². The van der Waals surface area contributed by atoms with Gasteiger partial charge in [0.1, 0.15) is 5.75 Å².